The monoisotopic (exact) mass is 250 g/mol. The van der Waals surface area contributed by atoms with E-state index in [1.165, 1.54) is 12.1 Å². The minimum Gasteiger partial charge on any atom is -0.493 e. The van der Waals surface area contributed by atoms with Crippen LogP contribution in [0.15, 0.2) is 24.3 Å². The number of likely N-dealkylation sites (tertiary alicyclic amines) is 1. The number of hydrogen-bond donors (Lipinski definition) is 0. The van der Waals surface area contributed by atoms with Gasteiger partial charge in [-0.05, 0) is 45.0 Å². The molecule has 5 nitrogen and oxygen atoms in total. The molecule has 1 aromatic carbocycles. The molecule has 0 bridgehead atoms. The van der Waals surface area contributed by atoms with E-state index in [9.17, 15) is 10.1 Å². The summed E-state index contributed by atoms with van der Waals surface area (Å²) in [7, 11) is 2.12. The second-order valence-electron chi connectivity index (χ2n) is 4.81. The van der Waals surface area contributed by atoms with Crippen LogP contribution < -0.4 is 4.74 Å². The van der Waals surface area contributed by atoms with Gasteiger partial charge in [0, 0.05) is 6.07 Å². The average molecular weight is 250 g/mol. The van der Waals surface area contributed by atoms with Crippen LogP contribution in [0, 0.1) is 16.0 Å². The molecule has 5 heteroatoms. The van der Waals surface area contributed by atoms with Crippen molar-refractivity contribution in [1.29, 1.82) is 0 Å². The van der Waals surface area contributed by atoms with Gasteiger partial charge in [-0.2, -0.15) is 0 Å². The third-order valence-corrected chi connectivity index (χ3v) is 3.35. The van der Waals surface area contributed by atoms with E-state index in [0.717, 1.165) is 25.9 Å². The first-order chi connectivity index (χ1) is 8.65. The van der Waals surface area contributed by atoms with Gasteiger partial charge >= 0.3 is 0 Å². The Morgan fingerprint density at radius 3 is 2.83 bits per heavy atom. The van der Waals surface area contributed by atoms with Gasteiger partial charge in [-0.3, -0.25) is 10.1 Å². The molecule has 98 valence electrons. The minimum atomic E-state index is -0.400. The lowest BCUT2D eigenvalue weighted by molar-refractivity contribution is -0.384. The number of non-ortho nitro benzene ring substituents is 1. The Bertz CT molecular complexity index is 414. The van der Waals surface area contributed by atoms with Gasteiger partial charge in [-0.25, -0.2) is 0 Å². The minimum absolute atomic E-state index is 0.0795. The van der Waals surface area contributed by atoms with Crippen molar-refractivity contribution in [3.05, 3.63) is 34.4 Å². The van der Waals surface area contributed by atoms with Crippen LogP contribution in [-0.4, -0.2) is 36.6 Å². The fourth-order valence-electron chi connectivity index (χ4n) is 2.13. The second kappa shape index (κ2) is 5.82. The molecule has 0 radical (unpaired) electrons. The molecule has 1 fully saturated rings. The van der Waals surface area contributed by atoms with Crippen LogP contribution in [-0.2, 0) is 0 Å². The number of nitro benzene ring substituents is 1. The van der Waals surface area contributed by atoms with Crippen molar-refractivity contribution in [2.45, 2.75) is 12.8 Å². The average Bonchev–Trinajstić information content (AvgIpc) is 2.38. The Morgan fingerprint density at radius 1 is 1.44 bits per heavy atom. The molecule has 18 heavy (non-hydrogen) atoms. The number of hydrogen-bond acceptors (Lipinski definition) is 4. The molecule has 0 N–H and O–H groups in total. The van der Waals surface area contributed by atoms with Gasteiger partial charge in [0.05, 0.1) is 17.6 Å². The molecular formula is C13H18N2O3. The van der Waals surface area contributed by atoms with Crippen LogP contribution in [0.1, 0.15) is 12.8 Å². The fourth-order valence-corrected chi connectivity index (χ4v) is 2.13. The first-order valence-electron chi connectivity index (χ1n) is 6.21. The first kappa shape index (κ1) is 12.8. The van der Waals surface area contributed by atoms with Gasteiger partial charge in [0.25, 0.3) is 5.69 Å². The highest BCUT2D eigenvalue weighted by Gasteiger charge is 2.17. The van der Waals surface area contributed by atoms with Crippen LogP contribution in [0.4, 0.5) is 5.69 Å². The summed E-state index contributed by atoms with van der Waals surface area (Å²) in [6, 6.07) is 6.38. The van der Waals surface area contributed by atoms with E-state index in [4.69, 9.17) is 4.74 Å². The molecule has 0 spiro atoms. The van der Waals surface area contributed by atoms with Crippen molar-refractivity contribution >= 4 is 5.69 Å². The number of nitrogens with zero attached hydrogens (tertiary/aromatic N) is 2. The lowest BCUT2D eigenvalue weighted by Gasteiger charge is -2.28. The summed E-state index contributed by atoms with van der Waals surface area (Å²) in [5.74, 6) is 1.14. The topological polar surface area (TPSA) is 55.6 Å². The molecule has 0 amide bonds. The Morgan fingerprint density at radius 2 is 2.17 bits per heavy atom. The number of benzene rings is 1. The summed E-state index contributed by atoms with van der Waals surface area (Å²) in [6.07, 6.45) is 2.26. The van der Waals surface area contributed by atoms with Crippen LogP contribution in [0.25, 0.3) is 0 Å². The lowest BCUT2D eigenvalue weighted by atomic mass is 9.98. The third-order valence-electron chi connectivity index (χ3n) is 3.35. The molecule has 1 saturated heterocycles. The molecule has 1 aliphatic heterocycles. The number of ether oxygens (including phenoxy) is 1. The summed E-state index contributed by atoms with van der Waals surface area (Å²) in [6.45, 7) is 2.85. The van der Waals surface area contributed by atoms with Crippen LogP contribution in [0.2, 0.25) is 0 Å². The van der Waals surface area contributed by atoms with Gasteiger partial charge < -0.3 is 9.64 Å². The largest absolute Gasteiger partial charge is 0.493 e. The Balaban J connectivity index is 1.86. The van der Waals surface area contributed by atoms with Crippen molar-refractivity contribution in [3.63, 3.8) is 0 Å². The maximum absolute atomic E-state index is 10.6. The highest BCUT2D eigenvalue weighted by Crippen LogP contribution is 2.22. The smallest absolute Gasteiger partial charge is 0.273 e. The van der Waals surface area contributed by atoms with E-state index in [0.29, 0.717) is 18.3 Å². The van der Waals surface area contributed by atoms with Crippen molar-refractivity contribution in [1.82, 2.24) is 4.90 Å². The molecule has 1 heterocycles. The van der Waals surface area contributed by atoms with Gasteiger partial charge in [-0.1, -0.05) is 6.07 Å². The van der Waals surface area contributed by atoms with Crippen LogP contribution in [0.5, 0.6) is 5.75 Å². The number of piperidine rings is 1. The van der Waals surface area contributed by atoms with E-state index in [1.54, 1.807) is 12.1 Å². The molecule has 0 aliphatic carbocycles. The summed E-state index contributed by atoms with van der Waals surface area (Å²) >= 11 is 0. The van der Waals surface area contributed by atoms with Crippen molar-refractivity contribution in [3.8, 4) is 5.75 Å². The first-order valence-corrected chi connectivity index (χ1v) is 6.21. The predicted octanol–water partition coefficient (Wildman–Crippen LogP) is 2.32. The summed E-state index contributed by atoms with van der Waals surface area (Å²) in [4.78, 5) is 12.5. The summed E-state index contributed by atoms with van der Waals surface area (Å²) in [5, 5.41) is 10.6. The van der Waals surface area contributed by atoms with Crippen molar-refractivity contribution < 1.29 is 9.66 Å². The van der Waals surface area contributed by atoms with Gasteiger partial charge in [0.15, 0.2) is 0 Å². The highest BCUT2D eigenvalue weighted by atomic mass is 16.6. The molecular weight excluding hydrogens is 232 g/mol. The normalized spacial score (nSPS) is 17.6. The standard InChI is InChI=1S/C13H18N2O3/c1-14-7-5-11(6-8-14)10-18-13-4-2-3-12(9-13)15(16)17/h2-4,9,11H,5-8,10H2,1H3. The van der Waals surface area contributed by atoms with Crippen LogP contribution in [0.3, 0.4) is 0 Å². The van der Waals surface area contributed by atoms with Crippen molar-refractivity contribution in [2.24, 2.45) is 5.92 Å². The molecule has 0 unspecified atom stereocenters. The molecule has 0 atom stereocenters. The molecule has 1 aromatic rings. The zero-order valence-electron chi connectivity index (χ0n) is 10.5. The zero-order chi connectivity index (χ0) is 13.0. The predicted molar refractivity (Wildman–Crippen MR) is 68.8 cm³/mol. The quantitative estimate of drug-likeness (QED) is 0.608. The molecule has 0 saturated carbocycles. The third kappa shape index (κ3) is 3.43. The SMILES string of the molecule is CN1CCC(COc2cccc([N+](=O)[O-])c2)CC1. The number of nitro groups is 1. The molecule has 2 rings (SSSR count). The van der Waals surface area contributed by atoms with Gasteiger partial charge in [0.1, 0.15) is 5.75 Å². The highest BCUT2D eigenvalue weighted by molar-refractivity contribution is 5.37. The Hall–Kier alpha value is -1.62. The van der Waals surface area contributed by atoms with E-state index < -0.39 is 4.92 Å². The van der Waals surface area contributed by atoms with E-state index >= 15 is 0 Å². The van der Waals surface area contributed by atoms with Gasteiger partial charge in [-0.15, -0.1) is 0 Å². The van der Waals surface area contributed by atoms with Crippen molar-refractivity contribution in [2.75, 3.05) is 26.7 Å². The zero-order valence-corrected chi connectivity index (χ0v) is 10.5. The summed E-state index contributed by atoms with van der Waals surface area (Å²) < 4.78 is 5.65. The second-order valence-corrected chi connectivity index (χ2v) is 4.81. The lowest BCUT2D eigenvalue weighted by Crippen LogP contribution is -2.32. The van der Waals surface area contributed by atoms with E-state index in [-0.39, 0.29) is 5.69 Å². The maximum Gasteiger partial charge on any atom is 0.273 e. The summed E-state index contributed by atoms with van der Waals surface area (Å²) in [5.41, 5.74) is 0.0795. The van der Waals surface area contributed by atoms with E-state index in [2.05, 4.69) is 11.9 Å². The Labute approximate surface area is 107 Å². The fraction of sp³-hybridized carbons (Fsp3) is 0.538. The van der Waals surface area contributed by atoms with Gasteiger partial charge in [0.2, 0.25) is 0 Å². The number of rotatable bonds is 4. The Kier molecular flexibility index (Phi) is 4.15. The van der Waals surface area contributed by atoms with E-state index in [1.807, 2.05) is 0 Å². The molecule has 0 aromatic heterocycles. The van der Waals surface area contributed by atoms with Crippen LogP contribution >= 0.6 is 0 Å². The maximum atomic E-state index is 10.6. The molecule has 1 aliphatic rings.